The number of benzene rings is 1. The minimum absolute atomic E-state index is 0.166. The average molecular weight is 305 g/mol. The van der Waals surface area contributed by atoms with Gasteiger partial charge in [-0.05, 0) is 30.5 Å². The van der Waals surface area contributed by atoms with Gasteiger partial charge in [0, 0.05) is 0 Å². The number of hydrogen-bond donors (Lipinski definition) is 1. The highest BCUT2D eigenvalue weighted by molar-refractivity contribution is 5.89. The van der Waals surface area contributed by atoms with E-state index in [0.717, 1.165) is 24.8 Å². The molecule has 0 heterocycles. The fourth-order valence-electron chi connectivity index (χ4n) is 3.01. The lowest BCUT2D eigenvalue weighted by Gasteiger charge is -2.35. The molecular formula is C17H23NO4. The van der Waals surface area contributed by atoms with Gasteiger partial charge in [-0.15, -0.1) is 0 Å². The summed E-state index contributed by atoms with van der Waals surface area (Å²) < 4.78 is 10.1. The van der Waals surface area contributed by atoms with Gasteiger partial charge in [-0.25, -0.2) is 4.79 Å². The molecule has 1 aromatic rings. The predicted octanol–water partition coefficient (Wildman–Crippen LogP) is 2.23. The summed E-state index contributed by atoms with van der Waals surface area (Å²) in [4.78, 5) is 24.5. The van der Waals surface area contributed by atoms with Crippen LogP contribution in [0, 0.1) is 0 Å². The molecule has 0 spiro atoms. The van der Waals surface area contributed by atoms with Gasteiger partial charge in [0.1, 0.15) is 11.3 Å². The summed E-state index contributed by atoms with van der Waals surface area (Å²) in [5.74, 6) is 0.206. The predicted molar refractivity (Wildman–Crippen MR) is 82.7 cm³/mol. The monoisotopic (exact) mass is 305 g/mol. The Morgan fingerprint density at radius 1 is 1.18 bits per heavy atom. The van der Waals surface area contributed by atoms with Crippen LogP contribution in [0.2, 0.25) is 0 Å². The SMILES string of the molecule is COC(=O)C1(NC(=O)Cc2cccc(OC)c2)CCCCC1. The maximum absolute atomic E-state index is 12.3. The van der Waals surface area contributed by atoms with Crippen LogP contribution >= 0.6 is 0 Å². The molecule has 5 nitrogen and oxygen atoms in total. The first-order valence-corrected chi connectivity index (χ1v) is 7.62. The lowest BCUT2D eigenvalue weighted by Crippen LogP contribution is -2.56. The number of carbonyl (C=O) groups is 2. The number of methoxy groups -OCH3 is 2. The van der Waals surface area contributed by atoms with E-state index < -0.39 is 5.54 Å². The summed E-state index contributed by atoms with van der Waals surface area (Å²) >= 11 is 0. The fraction of sp³-hybridized carbons (Fsp3) is 0.529. The maximum atomic E-state index is 12.3. The number of esters is 1. The summed E-state index contributed by atoms with van der Waals surface area (Å²) in [6.07, 6.45) is 4.44. The lowest BCUT2D eigenvalue weighted by atomic mass is 9.81. The number of hydrogen-bond acceptors (Lipinski definition) is 4. The molecule has 0 bridgehead atoms. The van der Waals surface area contributed by atoms with Crippen molar-refractivity contribution < 1.29 is 19.1 Å². The van der Waals surface area contributed by atoms with E-state index in [-0.39, 0.29) is 18.3 Å². The Bertz CT molecular complexity index is 535. The quantitative estimate of drug-likeness (QED) is 0.847. The molecule has 0 aromatic heterocycles. The molecule has 0 unspecified atom stereocenters. The second-order valence-corrected chi connectivity index (χ2v) is 5.71. The van der Waals surface area contributed by atoms with E-state index in [1.165, 1.54) is 7.11 Å². The van der Waals surface area contributed by atoms with E-state index in [9.17, 15) is 9.59 Å². The van der Waals surface area contributed by atoms with Gasteiger partial charge in [-0.1, -0.05) is 31.4 Å². The lowest BCUT2D eigenvalue weighted by molar-refractivity contribution is -0.152. The van der Waals surface area contributed by atoms with Gasteiger partial charge in [-0.3, -0.25) is 4.79 Å². The number of amides is 1. The van der Waals surface area contributed by atoms with Crippen LogP contribution in [0.15, 0.2) is 24.3 Å². The van der Waals surface area contributed by atoms with E-state index in [1.54, 1.807) is 7.11 Å². The zero-order valence-electron chi connectivity index (χ0n) is 13.2. The first kappa shape index (κ1) is 16.3. The third-order valence-electron chi connectivity index (χ3n) is 4.16. The van der Waals surface area contributed by atoms with Gasteiger partial charge in [0.2, 0.25) is 5.91 Å². The van der Waals surface area contributed by atoms with E-state index in [2.05, 4.69) is 5.32 Å². The molecular weight excluding hydrogens is 282 g/mol. The fourth-order valence-corrected chi connectivity index (χ4v) is 3.01. The summed E-state index contributed by atoms with van der Waals surface area (Å²) in [6, 6.07) is 7.37. The van der Waals surface area contributed by atoms with Crippen molar-refractivity contribution in [3.63, 3.8) is 0 Å². The second kappa shape index (κ2) is 7.29. The Kier molecular flexibility index (Phi) is 5.41. The van der Waals surface area contributed by atoms with Gasteiger partial charge in [-0.2, -0.15) is 0 Å². The summed E-state index contributed by atoms with van der Waals surface area (Å²) in [6.45, 7) is 0. The Hall–Kier alpha value is -2.04. The van der Waals surface area contributed by atoms with Crippen molar-refractivity contribution in [3.8, 4) is 5.75 Å². The van der Waals surface area contributed by atoms with Gasteiger partial charge in [0.05, 0.1) is 20.6 Å². The first-order chi connectivity index (χ1) is 10.6. The summed E-state index contributed by atoms with van der Waals surface area (Å²) in [5.41, 5.74) is -0.00386. The normalized spacial score (nSPS) is 16.6. The van der Waals surface area contributed by atoms with Crippen LogP contribution in [0.3, 0.4) is 0 Å². The second-order valence-electron chi connectivity index (χ2n) is 5.71. The van der Waals surface area contributed by atoms with Gasteiger partial charge >= 0.3 is 5.97 Å². The highest BCUT2D eigenvalue weighted by Crippen LogP contribution is 2.29. The van der Waals surface area contributed by atoms with Crippen LogP contribution in [-0.2, 0) is 20.7 Å². The highest BCUT2D eigenvalue weighted by atomic mass is 16.5. The molecule has 22 heavy (non-hydrogen) atoms. The zero-order chi connectivity index (χ0) is 16.0. The Morgan fingerprint density at radius 2 is 1.91 bits per heavy atom. The molecule has 1 amide bonds. The van der Waals surface area contributed by atoms with E-state index in [0.29, 0.717) is 18.6 Å². The molecule has 1 aliphatic rings. The molecule has 0 aliphatic heterocycles. The highest BCUT2D eigenvalue weighted by Gasteiger charge is 2.41. The van der Waals surface area contributed by atoms with Crippen LogP contribution in [0.25, 0.3) is 0 Å². The van der Waals surface area contributed by atoms with E-state index >= 15 is 0 Å². The van der Waals surface area contributed by atoms with Crippen LogP contribution < -0.4 is 10.1 Å². The van der Waals surface area contributed by atoms with E-state index in [4.69, 9.17) is 9.47 Å². The average Bonchev–Trinajstić information content (AvgIpc) is 2.54. The van der Waals surface area contributed by atoms with Crippen molar-refractivity contribution >= 4 is 11.9 Å². The topological polar surface area (TPSA) is 64.6 Å². The van der Waals surface area contributed by atoms with Crippen LogP contribution in [0.1, 0.15) is 37.7 Å². The van der Waals surface area contributed by atoms with Gasteiger partial charge < -0.3 is 14.8 Å². The number of rotatable bonds is 5. The Labute approximate surface area is 131 Å². The molecule has 0 radical (unpaired) electrons. The van der Waals surface area contributed by atoms with Crippen LogP contribution in [0.5, 0.6) is 5.75 Å². The van der Waals surface area contributed by atoms with Crippen LogP contribution in [0.4, 0.5) is 0 Å². The standard InChI is InChI=1S/C17H23NO4/c1-21-14-8-6-7-13(11-14)12-15(19)18-17(16(20)22-2)9-4-3-5-10-17/h6-8,11H,3-5,9-10,12H2,1-2H3,(H,18,19). The van der Waals surface area contributed by atoms with Crippen molar-refractivity contribution in [1.82, 2.24) is 5.32 Å². The Morgan fingerprint density at radius 3 is 2.55 bits per heavy atom. The van der Waals surface area contributed by atoms with Crippen molar-refractivity contribution in [2.75, 3.05) is 14.2 Å². The Balaban J connectivity index is 2.06. The van der Waals surface area contributed by atoms with Crippen molar-refractivity contribution in [2.24, 2.45) is 0 Å². The summed E-state index contributed by atoms with van der Waals surface area (Å²) in [5, 5.41) is 2.91. The molecule has 5 heteroatoms. The van der Waals surface area contributed by atoms with Crippen molar-refractivity contribution in [3.05, 3.63) is 29.8 Å². The number of carbonyl (C=O) groups excluding carboxylic acids is 2. The molecule has 120 valence electrons. The minimum Gasteiger partial charge on any atom is -0.497 e. The molecule has 0 atom stereocenters. The smallest absolute Gasteiger partial charge is 0.331 e. The van der Waals surface area contributed by atoms with E-state index in [1.807, 2.05) is 24.3 Å². The number of nitrogens with one attached hydrogen (secondary N) is 1. The summed E-state index contributed by atoms with van der Waals surface area (Å²) in [7, 11) is 2.96. The molecule has 1 aromatic carbocycles. The van der Waals surface area contributed by atoms with Crippen LogP contribution in [-0.4, -0.2) is 31.6 Å². The maximum Gasteiger partial charge on any atom is 0.331 e. The largest absolute Gasteiger partial charge is 0.497 e. The van der Waals surface area contributed by atoms with Gasteiger partial charge in [0.25, 0.3) is 0 Å². The molecule has 2 rings (SSSR count). The van der Waals surface area contributed by atoms with Crippen molar-refractivity contribution in [1.29, 1.82) is 0 Å². The molecule has 1 aliphatic carbocycles. The third kappa shape index (κ3) is 3.78. The molecule has 1 saturated carbocycles. The molecule has 1 N–H and O–H groups in total. The van der Waals surface area contributed by atoms with Crippen molar-refractivity contribution in [2.45, 2.75) is 44.1 Å². The molecule has 0 saturated heterocycles. The van der Waals surface area contributed by atoms with Gasteiger partial charge in [0.15, 0.2) is 0 Å². The molecule has 1 fully saturated rings. The first-order valence-electron chi connectivity index (χ1n) is 7.62. The third-order valence-corrected chi connectivity index (χ3v) is 4.16. The number of ether oxygens (including phenoxy) is 2. The minimum atomic E-state index is -0.858. The zero-order valence-corrected chi connectivity index (χ0v) is 13.2.